The molecule has 0 aliphatic rings. The number of aliphatic hydroxyl groups is 2. The zero-order valence-corrected chi connectivity index (χ0v) is 12.7. The van der Waals surface area contributed by atoms with Gasteiger partial charge in [-0.15, -0.1) is 0 Å². The molecule has 0 amide bonds. The van der Waals surface area contributed by atoms with Gasteiger partial charge in [0.2, 0.25) is 0 Å². The molecule has 0 aromatic heterocycles. The van der Waals surface area contributed by atoms with Gasteiger partial charge < -0.3 is 19.7 Å². The van der Waals surface area contributed by atoms with E-state index in [0.29, 0.717) is 0 Å². The van der Waals surface area contributed by atoms with E-state index in [9.17, 15) is 9.90 Å². The van der Waals surface area contributed by atoms with Crippen molar-refractivity contribution in [1.29, 1.82) is 0 Å². The highest BCUT2D eigenvalue weighted by Crippen LogP contribution is 2.25. The quantitative estimate of drug-likeness (QED) is 0.797. The van der Waals surface area contributed by atoms with Crippen LogP contribution in [0.15, 0.2) is 36.4 Å². The van der Waals surface area contributed by atoms with Crippen LogP contribution in [0.4, 0.5) is 0 Å². The highest BCUT2D eigenvalue weighted by atomic mass is 16.5. The molecule has 2 N–H and O–H groups in total. The maximum absolute atomic E-state index is 12.0. The monoisotopic (exact) mass is 304 g/mol. The largest absolute Gasteiger partial charge is 0.497 e. The zero-order valence-electron chi connectivity index (χ0n) is 12.7. The molecule has 0 saturated carbocycles. The number of methoxy groups -OCH3 is 1. The Morgan fingerprint density at radius 3 is 2.55 bits per heavy atom. The first-order valence-corrected chi connectivity index (χ1v) is 7.08. The number of aliphatic hydroxyl groups excluding tert-OH is 2. The van der Waals surface area contributed by atoms with Gasteiger partial charge in [-0.3, -0.25) is 4.79 Å². The molecular formula is C17H20O5. The molecule has 0 bridgehead atoms. The van der Waals surface area contributed by atoms with Crippen LogP contribution >= 0.6 is 0 Å². The SMILES string of the molecule is COc1ccc2cc([C@H](C)C(=O)OCC(O)CO)ccc2c1. The van der Waals surface area contributed by atoms with Gasteiger partial charge in [-0.25, -0.2) is 0 Å². The topological polar surface area (TPSA) is 76.0 Å². The zero-order chi connectivity index (χ0) is 16.1. The molecule has 22 heavy (non-hydrogen) atoms. The van der Waals surface area contributed by atoms with Crippen LogP contribution in [0, 0.1) is 0 Å². The van der Waals surface area contributed by atoms with Gasteiger partial charge in [0.05, 0.1) is 19.6 Å². The Balaban J connectivity index is 2.14. The number of hydrogen-bond donors (Lipinski definition) is 2. The van der Waals surface area contributed by atoms with Crippen LogP contribution in [-0.2, 0) is 9.53 Å². The molecule has 0 radical (unpaired) electrons. The summed E-state index contributed by atoms with van der Waals surface area (Å²) in [4.78, 5) is 12.0. The van der Waals surface area contributed by atoms with Crippen LogP contribution in [0.1, 0.15) is 18.4 Å². The van der Waals surface area contributed by atoms with Crippen LogP contribution in [0.2, 0.25) is 0 Å². The average Bonchev–Trinajstić information content (AvgIpc) is 2.57. The van der Waals surface area contributed by atoms with Crippen LogP contribution in [0.3, 0.4) is 0 Å². The lowest BCUT2D eigenvalue weighted by molar-refractivity contribution is -0.148. The predicted octanol–water partition coefficient (Wildman–Crippen LogP) is 1.85. The molecule has 5 heteroatoms. The Hall–Kier alpha value is -2.11. The van der Waals surface area contributed by atoms with Gasteiger partial charge in [0.25, 0.3) is 0 Å². The summed E-state index contributed by atoms with van der Waals surface area (Å²) in [5, 5.41) is 20.0. The van der Waals surface area contributed by atoms with Gasteiger partial charge in [-0.05, 0) is 35.4 Å². The lowest BCUT2D eigenvalue weighted by Crippen LogP contribution is -2.24. The van der Waals surface area contributed by atoms with Gasteiger partial charge in [0.15, 0.2) is 0 Å². The number of carbonyl (C=O) groups excluding carboxylic acids is 1. The van der Waals surface area contributed by atoms with Crippen molar-refractivity contribution in [3.8, 4) is 5.75 Å². The summed E-state index contributed by atoms with van der Waals surface area (Å²) >= 11 is 0. The van der Waals surface area contributed by atoms with E-state index in [1.54, 1.807) is 14.0 Å². The van der Waals surface area contributed by atoms with Gasteiger partial charge >= 0.3 is 5.97 Å². The fraction of sp³-hybridized carbons (Fsp3) is 0.353. The molecule has 0 fully saturated rings. The van der Waals surface area contributed by atoms with E-state index in [4.69, 9.17) is 14.6 Å². The van der Waals surface area contributed by atoms with Gasteiger partial charge in [-0.1, -0.05) is 24.3 Å². The Bertz CT molecular complexity index is 653. The minimum absolute atomic E-state index is 0.204. The number of esters is 1. The summed E-state index contributed by atoms with van der Waals surface area (Å²) in [5.74, 6) is -0.0940. The van der Waals surface area contributed by atoms with E-state index in [1.165, 1.54) is 0 Å². The summed E-state index contributed by atoms with van der Waals surface area (Å²) in [6, 6.07) is 11.5. The molecule has 0 heterocycles. The lowest BCUT2D eigenvalue weighted by Gasteiger charge is -2.14. The van der Waals surface area contributed by atoms with E-state index in [-0.39, 0.29) is 6.61 Å². The van der Waals surface area contributed by atoms with Crippen LogP contribution in [0.25, 0.3) is 10.8 Å². The fourth-order valence-corrected chi connectivity index (χ4v) is 2.13. The molecule has 0 aliphatic heterocycles. The van der Waals surface area contributed by atoms with E-state index >= 15 is 0 Å². The van der Waals surface area contributed by atoms with Crippen molar-refractivity contribution >= 4 is 16.7 Å². The summed E-state index contributed by atoms with van der Waals surface area (Å²) in [6.07, 6.45) is -1.04. The third-order valence-corrected chi connectivity index (χ3v) is 3.55. The summed E-state index contributed by atoms with van der Waals surface area (Å²) < 4.78 is 10.2. The number of benzene rings is 2. The standard InChI is InChI=1S/C17H20O5/c1-11(17(20)22-10-15(19)9-18)12-3-4-14-8-16(21-2)6-5-13(14)7-12/h3-8,11,15,18-19H,9-10H2,1-2H3/t11-,15?/m0/s1. The third kappa shape index (κ3) is 3.75. The molecule has 2 aromatic rings. The first-order valence-electron chi connectivity index (χ1n) is 7.08. The highest BCUT2D eigenvalue weighted by Gasteiger charge is 2.18. The number of ether oxygens (including phenoxy) is 2. The minimum Gasteiger partial charge on any atom is -0.497 e. The van der Waals surface area contributed by atoms with Crippen molar-refractivity contribution in [1.82, 2.24) is 0 Å². The lowest BCUT2D eigenvalue weighted by atomic mass is 9.98. The fourth-order valence-electron chi connectivity index (χ4n) is 2.13. The second kappa shape index (κ2) is 7.24. The first kappa shape index (κ1) is 16.3. The number of fused-ring (bicyclic) bond motifs is 1. The average molecular weight is 304 g/mol. The van der Waals surface area contributed by atoms with Gasteiger partial charge in [-0.2, -0.15) is 0 Å². The Morgan fingerprint density at radius 2 is 1.86 bits per heavy atom. The molecular weight excluding hydrogens is 284 g/mol. The maximum atomic E-state index is 12.0. The molecule has 0 saturated heterocycles. The van der Waals surface area contributed by atoms with Gasteiger partial charge in [0, 0.05) is 0 Å². The maximum Gasteiger partial charge on any atom is 0.313 e. The summed E-state index contributed by atoms with van der Waals surface area (Å²) in [7, 11) is 1.62. The summed E-state index contributed by atoms with van der Waals surface area (Å²) in [5.41, 5.74) is 0.834. The Labute approximate surface area is 129 Å². The minimum atomic E-state index is -1.04. The van der Waals surface area contributed by atoms with E-state index in [2.05, 4.69) is 0 Å². The molecule has 1 unspecified atom stereocenters. The Morgan fingerprint density at radius 1 is 1.18 bits per heavy atom. The smallest absolute Gasteiger partial charge is 0.313 e. The molecule has 2 rings (SSSR count). The first-order chi connectivity index (χ1) is 10.5. The molecule has 2 aromatic carbocycles. The molecule has 5 nitrogen and oxygen atoms in total. The van der Waals surface area contributed by atoms with Crippen LogP contribution in [0.5, 0.6) is 5.75 Å². The van der Waals surface area contributed by atoms with E-state index < -0.39 is 24.6 Å². The molecule has 118 valence electrons. The van der Waals surface area contributed by atoms with Crippen LogP contribution < -0.4 is 4.74 Å². The molecule has 0 spiro atoms. The summed E-state index contributed by atoms with van der Waals surface area (Å²) in [6.45, 7) is 1.11. The number of hydrogen-bond acceptors (Lipinski definition) is 5. The number of rotatable bonds is 6. The second-order valence-corrected chi connectivity index (χ2v) is 5.16. The Kier molecular flexibility index (Phi) is 5.35. The second-order valence-electron chi connectivity index (χ2n) is 5.16. The highest BCUT2D eigenvalue weighted by molar-refractivity contribution is 5.86. The number of carbonyl (C=O) groups is 1. The van der Waals surface area contributed by atoms with Crippen molar-refractivity contribution in [2.24, 2.45) is 0 Å². The van der Waals surface area contributed by atoms with E-state index in [1.807, 2.05) is 36.4 Å². The molecule has 0 aliphatic carbocycles. The van der Waals surface area contributed by atoms with Crippen LogP contribution in [-0.4, -0.2) is 42.6 Å². The van der Waals surface area contributed by atoms with Gasteiger partial charge in [0.1, 0.15) is 18.5 Å². The van der Waals surface area contributed by atoms with Crippen molar-refractivity contribution in [3.05, 3.63) is 42.0 Å². The van der Waals surface area contributed by atoms with Crippen molar-refractivity contribution < 1.29 is 24.5 Å². The van der Waals surface area contributed by atoms with E-state index in [0.717, 1.165) is 22.1 Å². The normalized spacial score (nSPS) is 13.6. The van der Waals surface area contributed by atoms with Crippen molar-refractivity contribution in [2.75, 3.05) is 20.3 Å². The van der Waals surface area contributed by atoms with Crippen molar-refractivity contribution in [3.63, 3.8) is 0 Å². The predicted molar refractivity (Wildman–Crippen MR) is 83.0 cm³/mol. The van der Waals surface area contributed by atoms with Crippen molar-refractivity contribution in [2.45, 2.75) is 18.9 Å². The third-order valence-electron chi connectivity index (χ3n) is 3.55. The molecule has 2 atom stereocenters.